The van der Waals surface area contributed by atoms with E-state index in [1.165, 1.54) is 35.1 Å². The lowest BCUT2D eigenvalue weighted by Gasteiger charge is -2.29. The van der Waals surface area contributed by atoms with E-state index >= 15 is 0 Å². The summed E-state index contributed by atoms with van der Waals surface area (Å²) in [6.45, 7) is 5.42. The number of likely N-dealkylation sites (tertiary alicyclic amines) is 1. The number of para-hydroxylation sites is 1. The highest BCUT2D eigenvalue weighted by molar-refractivity contribution is 7.13. The lowest BCUT2D eigenvalue weighted by molar-refractivity contribution is -0.122. The summed E-state index contributed by atoms with van der Waals surface area (Å²) in [5.41, 5.74) is 1.18. The number of anilines is 2. The van der Waals surface area contributed by atoms with Crippen LogP contribution in [0.3, 0.4) is 0 Å². The maximum absolute atomic E-state index is 14.0. The Balaban J connectivity index is 1.34. The summed E-state index contributed by atoms with van der Waals surface area (Å²) >= 11 is 1.40. The predicted octanol–water partition coefficient (Wildman–Crippen LogP) is 3.51. The number of nitrogens with zero attached hydrogens (tertiary/aromatic N) is 3. The summed E-state index contributed by atoms with van der Waals surface area (Å²) < 4.78 is 14.0. The third kappa shape index (κ3) is 4.64. The third-order valence-corrected chi connectivity index (χ3v) is 6.49. The fraction of sp³-hybridized carbons (Fsp3) is 0.476. The molecule has 2 aliphatic rings. The zero-order valence-electron chi connectivity index (χ0n) is 16.4. The molecule has 0 saturated carbocycles. The molecule has 4 rings (SSSR count). The Morgan fingerprint density at radius 3 is 2.83 bits per heavy atom. The highest BCUT2D eigenvalue weighted by Gasteiger charge is 2.36. The zero-order valence-corrected chi connectivity index (χ0v) is 17.3. The molecule has 2 aromatic rings. The van der Waals surface area contributed by atoms with Crippen molar-refractivity contribution in [2.75, 3.05) is 29.9 Å². The Morgan fingerprint density at radius 2 is 2.07 bits per heavy atom. The Kier molecular flexibility index (Phi) is 5.91. The fourth-order valence-electron chi connectivity index (χ4n) is 3.88. The number of carbonyl (C=O) groups excluding carboxylic acids is 2. The minimum absolute atomic E-state index is 0.0738. The summed E-state index contributed by atoms with van der Waals surface area (Å²) in [6.07, 6.45) is 2.49. The lowest BCUT2D eigenvalue weighted by atomic mass is 9.99. The van der Waals surface area contributed by atoms with E-state index in [-0.39, 0.29) is 30.5 Å². The van der Waals surface area contributed by atoms with Crippen molar-refractivity contribution in [2.45, 2.75) is 32.7 Å². The first-order valence-corrected chi connectivity index (χ1v) is 10.9. The van der Waals surface area contributed by atoms with Crippen LogP contribution in [0.15, 0.2) is 29.6 Å². The molecule has 0 spiro atoms. The molecule has 1 aromatic heterocycles. The van der Waals surface area contributed by atoms with Crippen molar-refractivity contribution in [3.8, 4) is 0 Å². The van der Waals surface area contributed by atoms with Gasteiger partial charge in [0.1, 0.15) is 5.82 Å². The number of benzene rings is 1. The molecule has 8 heteroatoms. The number of halogens is 1. The molecule has 1 atom stereocenters. The first-order chi connectivity index (χ1) is 14.0. The predicted molar refractivity (Wildman–Crippen MR) is 111 cm³/mol. The number of nitrogens with one attached hydrogen (secondary N) is 1. The van der Waals surface area contributed by atoms with Crippen LogP contribution in [0.5, 0.6) is 0 Å². The van der Waals surface area contributed by atoms with Gasteiger partial charge in [0, 0.05) is 24.9 Å². The van der Waals surface area contributed by atoms with Crippen molar-refractivity contribution < 1.29 is 14.0 Å². The van der Waals surface area contributed by atoms with Crippen molar-refractivity contribution in [1.29, 1.82) is 0 Å². The average molecular weight is 417 g/mol. The Morgan fingerprint density at radius 1 is 1.31 bits per heavy atom. The van der Waals surface area contributed by atoms with Crippen LogP contribution in [-0.2, 0) is 16.1 Å². The van der Waals surface area contributed by atoms with E-state index in [4.69, 9.17) is 0 Å². The number of rotatable bonds is 5. The molecule has 2 aliphatic heterocycles. The van der Waals surface area contributed by atoms with Gasteiger partial charge in [-0.15, -0.1) is 11.3 Å². The molecule has 154 valence electrons. The molecule has 2 fully saturated rings. The van der Waals surface area contributed by atoms with Crippen molar-refractivity contribution >= 4 is 34.0 Å². The first-order valence-electron chi connectivity index (χ1n) is 10.0. The van der Waals surface area contributed by atoms with E-state index in [1.807, 2.05) is 5.38 Å². The van der Waals surface area contributed by atoms with Gasteiger partial charge in [0.2, 0.25) is 11.8 Å². The second-order valence-electron chi connectivity index (χ2n) is 7.95. The molecule has 29 heavy (non-hydrogen) atoms. The van der Waals surface area contributed by atoms with E-state index in [0.717, 1.165) is 31.2 Å². The molecule has 1 N–H and O–H groups in total. The van der Waals surface area contributed by atoms with Gasteiger partial charge in [0.25, 0.3) is 0 Å². The van der Waals surface area contributed by atoms with Crippen LogP contribution in [0.1, 0.15) is 31.9 Å². The average Bonchev–Trinajstić information content (AvgIpc) is 3.30. The molecular weight excluding hydrogens is 391 g/mol. The molecule has 2 saturated heterocycles. The summed E-state index contributed by atoms with van der Waals surface area (Å²) in [7, 11) is 0. The van der Waals surface area contributed by atoms with E-state index in [2.05, 4.69) is 22.1 Å². The number of aromatic nitrogens is 1. The van der Waals surface area contributed by atoms with Crippen LogP contribution >= 0.6 is 11.3 Å². The number of piperidine rings is 1. The third-order valence-electron chi connectivity index (χ3n) is 5.68. The topological polar surface area (TPSA) is 65.5 Å². The van der Waals surface area contributed by atoms with Gasteiger partial charge < -0.3 is 10.2 Å². The summed E-state index contributed by atoms with van der Waals surface area (Å²) in [5.74, 6) is -0.675. The monoisotopic (exact) mass is 416 g/mol. The van der Waals surface area contributed by atoms with Crippen molar-refractivity contribution in [1.82, 2.24) is 9.88 Å². The van der Waals surface area contributed by atoms with Gasteiger partial charge in [-0.3, -0.25) is 14.5 Å². The highest BCUT2D eigenvalue weighted by atomic mass is 32.1. The van der Waals surface area contributed by atoms with Gasteiger partial charge in [-0.1, -0.05) is 19.1 Å². The van der Waals surface area contributed by atoms with Gasteiger partial charge in [-0.2, -0.15) is 0 Å². The standard InChI is InChI=1S/C21H25FN4O2S/c1-14-6-8-25(9-7-14)12-16-13-29-21(23-16)24-20(28)15-10-19(27)26(11-15)18-5-3-2-4-17(18)22/h2-5,13-15H,6-12H2,1H3,(H,23,24,28). The quantitative estimate of drug-likeness (QED) is 0.810. The molecule has 0 aliphatic carbocycles. The SMILES string of the molecule is CC1CCN(Cc2csc(NC(=O)C3CC(=O)N(c4ccccc4F)C3)n2)CC1. The number of hydrogen-bond donors (Lipinski definition) is 1. The number of hydrogen-bond acceptors (Lipinski definition) is 5. The number of carbonyl (C=O) groups is 2. The Hall–Kier alpha value is -2.32. The molecule has 3 heterocycles. The van der Waals surface area contributed by atoms with Crippen molar-refractivity contribution in [2.24, 2.45) is 11.8 Å². The number of thiazole rings is 1. The van der Waals surface area contributed by atoms with Crippen LogP contribution in [0.4, 0.5) is 15.2 Å². The van der Waals surface area contributed by atoms with Crippen molar-refractivity contribution in [3.05, 3.63) is 41.2 Å². The second-order valence-corrected chi connectivity index (χ2v) is 8.81. The Bertz CT molecular complexity index is 894. The van der Waals surface area contributed by atoms with Crippen LogP contribution in [-0.4, -0.2) is 41.3 Å². The largest absolute Gasteiger partial charge is 0.309 e. The normalized spacial score (nSPS) is 21.0. The van der Waals surface area contributed by atoms with Crippen LogP contribution in [0.25, 0.3) is 0 Å². The van der Waals surface area contributed by atoms with Gasteiger partial charge in [0.15, 0.2) is 5.13 Å². The number of amides is 2. The highest BCUT2D eigenvalue weighted by Crippen LogP contribution is 2.28. The van der Waals surface area contributed by atoms with Crippen LogP contribution in [0, 0.1) is 17.7 Å². The van der Waals surface area contributed by atoms with Gasteiger partial charge >= 0.3 is 0 Å². The smallest absolute Gasteiger partial charge is 0.231 e. The van der Waals surface area contributed by atoms with Crippen LogP contribution < -0.4 is 10.2 Å². The maximum Gasteiger partial charge on any atom is 0.231 e. The minimum Gasteiger partial charge on any atom is -0.309 e. The molecular formula is C21H25FN4O2S. The molecule has 6 nitrogen and oxygen atoms in total. The van der Waals surface area contributed by atoms with Gasteiger partial charge in [0.05, 0.1) is 17.3 Å². The second kappa shape index (κ2) is 8.59. The zero-order chi connectivity index (χ0) is 20.4. The van der Waals surface area contributed by atoms with E-state index in [1.54, 1.807) is 18.2 Å². The first kappa shape index (κ1) is 20.0. The minimum atomic E-state index is -0.516. The maximum atomic E-state index is 14.0. The molecule has 0 bridgehead atoms. The molecule has 1 aromatic carbocycles. The van der Waals surface area contributed by atoms with Crippen LogP contribution in [0.2, 0.25) is 0 Å². The fourth-order valence-corrected chi connectivity index (χ4v) is 4.58. The molecule has 2 amide bonds. The van der Waals surface area contributed by atoms with E-state index in [9.17, 15) is 14.0 Å². The Labute approximate surface area is 173 Å². The summed E-state index contributed by atoms with van der Waals surface area (Å²) in [4.78, 5) is 33.2. The van der Waals surface area contributed by atoms with E-state index in [0.29, 0.717) is 5.13 Å². The lowest BCUT2D eigenvalue weighted by Crippen LogP contribution is -2.32. The van der Waals surface area contributed by atoms with E-state index < -0.39 is 11.7 Å². The van der Waals surface area contributed by atoms with Crippen molar-refractivity contribution in [3.63, 3.8) is 0 Å². The molecule has 0 radical (unpaired) electrons. The molecule has 1 unspecified atom stereocenters. The summed E-state index contributed by atoms with van der Waals surface area (Å²) in [6, 6.07) is 6.13. The summed E-state index contributed by atoms with van der Waals surface area (Å²) in [5, 5.41) is 5.35. The van der Waals surface area contributed by atoms with Gasteiger partial charge in [-0.25, -0.2) is 9.37 Å². The van der Waals surface area contributed by atoms with Gasteiger partial charge in [-0.05, 0) is 44.0 Å².